The van der Waals surface area contributed by atoms with Crippen molar-refractivity contribution >= 4 is 17.3 Å². The van der Waals surface area contributed by atoms with Crippen molar-refractivity contribution in [2.75, 3.05) is 10.6 Å². The number of rotatable bonds is 5. The number of nitrogens with one attached hydrogen (secondary N) is 2. The lowest BCUT2D eigenvalue weighted by Crippen LogP contribution is -2.10. The van der Waals surface area contributed by atoms with Gasteiger partial charge in [-0.15, -0.1) is 0 Å². The van der Waals surface area contributed by atoms with Crippen LogP contribution < -0.4 is 10.6 Å². The van der Waals surface area contributed by atoms with Crippen molar-refractivity contribution in [3.8, 4) is 0 Å². The van der Waals surface area contributed by atoms with Crippen LogP contribution in [-0.2, 0) is 0 Å². The predicted molar refractivity (Wildman–Crippen MR) is 94.9 cm³/mol. The first kappa shape index (κ1) is 16.8. The number of aromatic nitrogens is 2. The Morgan fingerprint density at radius 2 is 1.52 bits per heavy atom. The van der Waals surface area contributed by atoms with Gasteiger partial charge in [-0.25, -0.2) is 18.7 Å². The Bertz CT molecular complexity index is 848. The van der Waals surface area contributed by atoms with Gasteiger partial charge < -0.3 is 10.6 Å². The van der Waals surface area contributed by atoms with E-state index in [0.29, 0.717) is 17.5 Å². The summed E-state index contributed by atoms with van der Waals surface area (Å²) in [6.07, 6.45) is 0. The van der Waals surface area contributed by atoms with Crippen molar-refractivity contribution < 1.29 is 8.78 Å². The van der Waals surface area contributed by atoms with Gasteiger partial charge in [0.1, 0.15) is 34.8 Å². The highest BCUT2D eigenvalue weighted by Crippen LogP contribution is 2.24. The molecule has 0 aliphatic heterocycles. The van der Waals surface area contributed by atoms with Crippen LogP contribution in [-0.4, -0.2) is 9.97 Å². The van der Waals surface area contributed by atoms with Gasteiger partial charge in [-0.3, -0.25) is 0 Å². The SMILES string of the molecule is Cc1nc(Nc2c(F)cccc2F)cc(NC(C)c2ccccc2)n1. The van der Waals surface area contributed by atoms with Crippen LogP contribution in [0, 0.1) is 18.6 Å². The van der Waals surface area contributed by atoms with Crippen molar-refractivity contribution in [3.63, 3.8) is 0 Å². The van der Waals surface area contributed by atoms with E-state index < -0.39 is 11.6 Å². The summed E-state index contributed by atoms with van der Waals surface area (Å²) >= 11 is 0. The molecule has 0 fully saturated rings. The van der Waals surface area contributed by atoms with E-state index in [-0.39, 0.29) is 11.7 Å². The van der Waals surface area contributed by atoms with Crippen LogP contribution >= 0.6 is 0 Å². The average molecular weight is 340 g/mol. The van der Waals surface area contributed by atoms with Gasteiger partial charge in [-0.2, -0.15) is 0 Å². The highest BCUT2D eigenvalue weighted by molar-refractivity contribution is 5.60. The van der Waals surface area contributed by atoms with E-state index in [0.717, 1.165) is 5.56 Å². The average Bonchev–Trinajstić information content (AvgIpc) is 2.58. The minimum atomic E-state index is -0.677. The minimum Gasteiger partial charge on any atom is -0.363 e. The highest BCUT2D eigenvalue weighted by Gasteiger charge is 2.12. The van der Waals surface area contributed by atoms with Crippen molar-refractivity contribution in [3.05, 3.63) is 77.6 Å². The van der Waals surface area contributed by atoms with E-state index in [9.17, 15) is 8.78 Å². The molecule has 0 radical (unpaired) electrons. The molecule has 128 valence electrons. The van der Waals surface area contributed by atoms with Crippen LogP contribution in [0.5, 0.6) is 0 Å². The summed E-state index contributed by atoms with van der Waals surface area (Å²) in [6.45, 7) is 3.73. The van der Waals surface area contributed by atoms with Crippen molar-refractivity contribution in [2.24, 2.45) is 0 Å². The monoisotopic (exact) mass is 340 g/mol. The Labute approximate surface area is 145 Å². The van der Waals surface area contributed by atoms with E-state index in [2.05, 4.69) is 20.6 Å². The summed E-state index contributed by atoms with van der Waals surface area (Å²) in [5.41, 5.74) is 0.871. The van der Waals surface area contributed by atoms with Gasteiger partial charge in [0.05, 0.1) is 0 Å². The summed E-state index contributed by atoms with van der Waals surface area (Å²) in [5.74, 6) is 0.0266. The smallest absolute Gasteiger partial charge is 0.149 e. The number of aryl methyl sites for hydroxylation is 1. The molecule has 0 saturated heterocycles. The number of halogens is 2. The minimum absolute atomic E-state index is 0.0218. The molecule has 6 heteroatoms. The van der Waals surface area contributed by atoms with Gasteiger partial charge in [-0.1, -0.05) is 36.4 Å². The summed E-state index contributed by atoms with van der Waals surface area (Å²) in [4.78, 5) is 8.53. The highest BCUT2D eigenvalue weighted by atomic mass is 19.1. The number of hydrogen-bond acceptors (Lipinski definition) is 4. The Morgan fingerprint density at radius 1 is 0.880 bits per heavy atom. The predicted octanol–water partition coefficient (Wildman–Crippen LogP) is 4.98. The number of anilines is 3. The molecule has 0 aliphatic carbocycles. The second-order valence-electron chi connectivity index (χ2n) is 5.68. The normalized spacial score (nSPS) is 11.8. The maximum Gasteiger partial charge on any atom is 0.149 e. The van der Waals surface area contributed by atoms with Crippen LogP contribution in [0.25, 0.3) is 0 Å². The Kier molecular flexibility index (Phi) is 4.88. The zero-order chi connectivity index (χ0) is 17.8. The molecule has 1 heterocycles. The van der Waals surface area contributed by atoms with Gasteiger partial charge in [0.15, 0.2) is 0 Å². The lowest BCUT2D eigenvalue weighted by molar-refractivity contribution is 0.590. The maximum atomic E-state index is 13.8. The van der Waals surface area contributed by atoms with E-state index in [4.69, 9.17) is 0 Å². The van der Waals surface area contributed by atoms with Crippen LogP contribution in [0.1, 0.15) is 24.4 Å². The molecule has 3 aromatic rings. The van der Waals surface area contributed by atoms with Crippen LogP contribution in [0.2, 0.25) is 0 Å². The zero-order valence-corrected chi connectivity index (χ0v) is 13.9. The molecule has 0 bridgehead atoms. The third kappa shape index (κ3) is 4.09. The molecular weight excluding hydrogens is 322 g/mol. The van der Waals surface area contributed by atoms with Gasteiger partial charge in [0, 0.05) is 12.1 Å². The van der Waals surface area contributed by atoms with Gasteiger partial charge in [0.2, 0.25) is 0 Å². The zero-order valence-electron chi connectivity index (χ0n) is 13.9. The Hall–Kier alpha value is -3.02. The molecule has 3 rings (SSSR count). The van der Waals surface area contributed by atoms with Crippen molar-refractivity contribution in [2.45, 2.75) is 19.9 Å². The van der Waals surface area contributed by atoms with Crippen molar-refractivity contribution in [1.29, 1.82) is 0 Å². The van der Waals surface area contributed by atoms with Gasteiger partial charge in [0.25, 0.3) is 0 Å². The topological polar surface area (TPSA) is 49.8 Å². The number of para-hydroxylation sites is 1. The molecule has 2 N–H and O–H groups in total. The van der Waals surface area contributed by atoms with Gasteiger partial charge >= 0.3 is 0 Å². The van der Waals surface area contributed by atoms with E-state index >= 15 is 0 Å². The van der Waals surface area contributed by atoms with E-state index in [1.807, 2.05) is 37.3 Å². The molecule has 1 atom stereocenters. The molecular formula is C19H18F2N4. The second-order valence-corrected chi connectivity index (χ2v) is 5.68. The van der Waals surface area contributed by atoms with E-state index in [1.54, 1.807) is 13.0 Å². The molecule has 0 spiro atoms. The summed E-state index contributed by atoms with van der Waals surface area (Å²) in [6, 6.07) is 15.3. The first-order valence-corrected chi connectivity index (χ1v) is 7.91. The van der Waals surface area contributed by atoms with Crippen LogP contribution in [0.4, 0.5) is 26.1 Å². The van der Waals surface area contributed by atoms with Gasteiger partial charge in [-0.05, 0) is 31.5 Å². The van der Waals surface area contributed by atoms with Crippen molar-refractivity contribution in [1.82, 2.24) is 9.97 Å². The fourth-order valence-corrected chi connectivity index (χ4v) is 2.50. The second kappa shape index (κ2) is 7.25. The molecule has 1 unspecified atom stereocenters. The standard InChI is InChI=1S/C19H18F2N4/c1-12(14-7-4-3-5-8-14)22-17-11-18(24-13(2)23-17)25-19-15(20)9-6-10-16(19)21/h3-12H,1-2H3,(H2,22,23,24,25). The number of nitrogens with zero attached hydrogens (tertiary/aromatic N) is 2. The van der Waals surface area contributed by atoms with Crippen LogP contribution in [0.15, 0.2) is 54.6 Å². The molecule has 4 nitrogen and oxygen atoms in total. The fourth-order valence-electron chi connectivity index (χ4n) is 2.50. The summed E-state index contributed by atoms with van der Waals surface area (Å²) < 4.78 is 27.6. The maximum absolute atomic E-state index is 13.8. The first-order chi connectivity index (χ1) is 12.0. The molecule has 0 saturated carbocycles. The Balaban J connectivity index is 1.83. The lowest BCUT2D eigenvalue weighted by Gasteiger charge is -2.16. The van der Waals surface area contributed by atoms with E-state index in [1.165, 1.54) is 18.2 Å². The quantitative estimate of drug-likeness (QED) is 0.688. The number of hydrogen-bond donors (Lipinski definition) is 2. The number of benzene rings is 2. The van der Waals surface area contributed by atoms with Crippen LogP contribution in [0.3, 0.4) is 0 Å². The summed E-state index contributed by atoms with van der Waals surface area (Å²) in [7, 11) is 0. The molecule has 0 amide bonds. The third-order valence-electron chi connectivity index (χ3n) is 3.72. The molecule has 0 aliphatic rings. The molecule has 25 heavy (non-hydrogen) atoms. The first-order valence-electron chi connectivity index (χ1n) is 7.91. The molecule has 1 aromatic heterocycles. The molecule has 2 aromatic carbocycles. The lowest BCUT2D eigenvalue weighted by atomic mass is 10.1. The fraction of sp³-hybridized carbons (Fsp3) is 0.158. The Morgan fingerprint density at radius 3 is 2.20 bits per heavy atom. The third-order valence-corrected chi connectivity index (χ3v) is 3.72. The summed E-state index contributed by atoms with van der Waals surface area (Å²) in [5, 5.41) is 5.97. The largest absolute Gasteiger partial charge is 0.363 e.